The number of nitrogen functional groups attached to an aromatic ring is 1. The first-order chi connectivity index (χ1) is 9.99. The van der Waals surface area contributed by atoms with Gasteiger partial charge in [0.15, 0.2) is 0 Å². The lowest BCUT2D eigenvalue weighted by Crippen LogP contribution is -2.30. The molecule has 1 amide bonds. The molecule has 2 aromatic rings. The molecule has 4 heteroatoms. The first kappa shape index (κ1) is 15.4. The van der Waals surface area contributed by atoms with Crippen molar-refractivity contribution in [2.75, 3.05) is 12.8 Å². The molecule has 0 aromatic heterocycles. The van der Waals surface area contributed by atoms with Gasteiger partial charge in [-0.3, -0.25) is 4.79 Å². The maximum absolute atomic E-state index is 12.5. The average Bonchev–Trinajstić information content (AvgIpc) is 2.48. The summed E-state index contributed by atoms with van der Waals surface area (Å²) in [7, 11) is 1.79. The van der Waals surface area contributed by atoms with Gasteiger partial charge in [0.1, 0.15) is 0 Å². The van der Waals surface area contributed by atoms with Crippen LogP contribution in [0, 0.1) is 0 Å². The number of benzene rings is 2. The predicted molar refractivity (Wildman–Crippen MR) is 87.2 cm³/mol. The zero-order valence-corrected chi connectivity index (χ0v) is 13.0. The van der Waals surface area contributed by atoms with E-state index in [9.17, 15) is 4.79 Å². The van der Waals surface area contributed by atoms with E-state index in [4.69, 9.17) is 17.3 Å². The quantitative estimate of drug-likeness (QED) is 0.876. The number of hydrogen-bond acceptors (Lipinski definition) is 2. The maximum Gasteiger partial charge on any atom is 0.229 e. The molecule has 0 saturated heterocycles. The molecule has 0 saturated carbocycles. The van der Waals surface area contributed by atoms with Crippen molar-refractivity contribution in [3.05, 3.63) is 64.7 Å². The van der Waals surface area contributed by atoms with Gasteiger partial charge < -0.3 is 10.6 Å². The van der Waals surface area contributed by atoms with Gasteiger partial charge >= 0.3 is 0 Å². The summed E-state index contributed by atoms with van der Waals surface area (Å²) in [5.41, 5.74) is 8.30. The van der Waals surface area contributed by atoms with E-state index in [0.29, 0.717) is 17.3 Å². The van der Waals surface area contributed by atoms with E-state index in [1.807, 2.05) is 55.5 Å². The van der Waals surface area contributed by atoms with E-state index in [1.165, 1.54) is 0 Å². The Balaban J connectivity index is 2.10. The number of anilines is 1. The number of halogens is 1. The van der Waals surface area contributed by atoms with Crippen molar-refractivity contribution >= 4 is 23.2 Å². The summed E-state index contributed by atoms with van der Waals surface area (Å²) < 4.78 is 0. The molecule has 1 unspecified atom stereocenters. The zero-order valence-electron chi connectivity index (χ0n) is 12.2. The van der Waals surface area contributed by atoms with Crippen LogP contribution in [0.1, 0.15) is 24.0 Å². The van der Waals surface area contributed by atoms with Gasteiger partial charge in [-0.25, -0.2) is 0 Å². The van der Waals surface area contributed by atoms with E-state index in [0.717, 1.165) is 11.1 Å². The molecule has 0 bridgehead atoms. The van der Waals surface area contributed by atoms with Crippen molar-refractivity contribution < 1.29 is 4.79 Å². The molecular weight excluding hydrogens is 284 g/mol. The van der Waals surface area contributed by atoms with Gasteiger partial charge in [-0.1, -0.05) is 41.9 Å². The van der Waals surface area contributed by atoms with Crippen LogP contribution in [0.15, 0.2) is 48.5 Å². The van der Waals surface area contributed by atoms with Crippen LogP contribution in [0.4, 0.5) is 5.69 Å². The number of nitrogens with zero attached hydrogens (tertiary/aromatic N) is 1. The zero-order chi connectivity index (χ0) is 15.4. The number of hydrogen-bond donors (Lipinski definition) is 1. The van der Waals surface area contributed by atoms with Gasteiger partial charge in [-0.2, -0.15) is 0 Å². The fraction of sp³-hybridized carbons (Fsp3) is 0.235. The highest BCUT2D eigenvalue weighted by atomic mass is 35.5. The summed E-state index contributed by atoms with van der Waals surface area (Å²) in [6.45, 7) is 2.38. The Morgan fingerprint density at radius 3 is 2.62 bits per heavy atom. The van der Waals surface area contributed by atoms with Crippen molar-refractivity contribution in [2.45, 2.75) is 19.4 Å². The number of carbonyl (C=O) groups excluding carboxylic acids is 1. The van der Waals surface area contributed by atoms with Crippen molar-refractivity contribution in [3.8, 4) is 0 Å². The third-order valence-corrected chi connectivity index (χ3v) is 3.89. The molecule has 1 atom stereocenters. The minimum atomic E-state index is -0.235. The van der Waals surface area contributed by atoms with E-state index in [2.05, 4.69) is 0 Å². The van der Waals surface area contributed by atoms with Crippen LogP contribution >= 0.6 is 11.6 Å². The minimum Gasteiger partial charge on any atom is -0.399 e. The molecule has 0 spiro atoms. The highest BCUT2D eigenvalue weighted by Gasteiger charge is 2.20. The van der Waals surface area contributed by atoms with Crippen LogP contribution in [-0.2, 0) is 11.3 Å². The SMILES string of the molecule is CC(C(=O)N(C)Cc1ccccc1Cl)c1cccc(N)c1. The number of nitrogens with two attached hydrogens (primary N) is 1. The van der Waals surface area contributed by atoms with E-state index in [1.54, 1.807) is 11.9 Å². The lowest BCUT2D eigenvalue weighted by Gasteiger charge is -2.22. The molecule has 2 N–H and O–H groups in total. The molecule has 0 fully saturated rings. The Hall–Kier alpha value is -2.00. The van der Waals surface area contributed by atoms with Crippen molar-refractivity contribution in [3.63, 3.8) is 0 Å². The molecule has 110 valence electrons. The fourth-order valence-corrected chi connectivity index (χ4v) is 2.46. The first-order valence-corrected chi connectivity index (χ1v) is 7.20. The molecule has 0 aliphatic carbocycles. The van der Waals surface area contributed by atoms with E-state index < -0.39 is 0 Å². The van der Waals surface area contributed by atoms with Gasteiger partial charge in [-0.05, 0) is 36.2 Å². The summed E-state index contributed by atoms with van der Waals surface area (Å²) in [6, 6.07) is 15.0. The Kier molecular flexibility index (Phi) is 4.86. The van der Waals surface area contributed by atoms with Crippen molar-refractivity contribution in [1.82, 2.24) is 4.90 Å². The summed E-state index contributed by atoms with van der Waals surface area (Å²) >= 11 is 6.14. The largest absolute Gasteiger partial charge is 0.399 e. The van der Waals surface area contributed by atoms with Crippen LogP contribution in [-0.4, -0.2) is 17.9 Å². The van der Waals surface area contributed by atoms with Crippen LogP contribution in [0.2, 0.25) is 5.02 Å². The highest BCUT2D eigenvalue weighted by Crippen LogP contribution is 2.22. The predicted octanol–water partition coefficient (Wildman–Crippen LogP) is 3.68. The summed E-state index contributed by atoms with van der Waals surface area (Å²) in [5.74, 6) is -0.193. The average molecular weight is 303 g/mol. The van der Waals surface area contributed by atoms with Gasteiger partial charge in [-0.15, -0.1) is 0 Å². The second-order valence-corrected chi connectivity index (χ2v) is 5.58. The first-order valence-electron chi connectivity index (χ1n) is 6.83. The standard InChI is InChI=1S/C17H19ClN2O/c1-12(13-7-5-8-15(19)10-13)17(21)20(2)11-14-6-3-4-9-16(14)18/h3-10,12H,11,19H2,1-2H3. The monoisotopic (exact) mass is 302 g/mol. The molecular formula is C17H19ClN2O. The topological polar surface area (TPSA) is 46.3 Å². The summed E-state index contributed by atoms with van der Waals surface area (Å²) in [4.78, 5) is 14.2. The number of carbonyl (C=O) groups is 1. The van der Waals surface area contributed by atoms with E-state index >= 15 is 0 Å². The molecule has 0 radical (unpaired) electrons. The summed E-state index contributed by atoms with van der Waals surface area (Å²) in [6.07, 6.45) is 0. The Bertz CT molecular complexity index is 642. The smallest absolute Gasteiger partial charge is 0.229 e. The number of amides is 1. The molecule has 0 heterocycles. The second kappa shape index (κ2) is 6.64. The summed E-state index contributed by atoms with van der Waals surface area (Å²) in [5, 5.41) is 0.675. The second-order valence-electron chi connectivity index (χ2n) is 5.18. The van der Waals surface area contributed by atoms with Gasteiger partial charge in [0, 0.05) is 24.3 Å². The Morgan fingerprint density at radius 2 is 1.95 bits per heavy atom. The molecule has 2 rings (SSSR count). The molecule has 2 aromatic carbocycles. The van der Waals surface area contributed by atoms with Gasteiger partial charge in [0.25, 0.3) is 0 Å². The fourth-order valence-electron chi connectivity index (χ4n) is 2.26. The Morgan fingerprint density at radius 1 is 1.24 bits per heavy atom. The molecule has 0 aliphatic rings. The van der Waals surface area contributed by atoms with Crippen LogP contribution in [0.5, 0.6) is 0 Å². The highest BCUT2D eigenvalue weighted by molar-refractivity contribution is 6.31. The lowest BCUT2D eigenvalue weighted by molar-refractivity contribution is -0.131. The maximum atomic E-state index is 12.5. The molecule has 3 nitrogen and oxygen atoms in total. The van der Waals surface area contributed by atoms with Gasteiger partial charge in [0.05, 0.1) is 5.92 Å². The van der Waals surface area contributed by atoms with Gasteiger partial charge in [0.2, 0.25) is 5.91 Å². The van der Waals surface area contributed by atoms with Crippen LogP contribution in [0.3, 0.4) is 0 Å². The Labute approximate surface area is 130 Å². The number of likely N-dealkylation sites (N-methyl/N-ethyl adjacent to an activating group) is 1. The molecule has 21 heavy (non-hydrogen) atoms. The lowest BCUT2D eigenvalue weighted by atomic mass is 9.99. The van der Waals surface area contributed by atoms with Crippen LogP contribution in [0.25, 0.3) is 0 Å². The van der Waals surface area contributed by atoms with Crippen LogP contribution < -0.4 is 5.73 Å². The third kappa shape index (κ3) is 3.76. The van der Waals surface area contributed by atoms with Crippen molar-refractivity contribution in [1.29, 1.82) is 0 Å². The molecule has 0 aliphatic heterocycles. The van der Waals surface area contributed by atoms with E-state index in [-0.39, 0.29) is 11.8 Å². The third-order valence-electron chi connectivity index (χ3n) is 3.52. The minimum absolute atomic E-state index is 0.0421. The van der Waals surface area contributed by atoms with Crippen molar-refractivity contribution in [2.24, 2.45) is 0 Å². The number of rotatable bonds is 4. The normalized spacial score (nSPS) is 12.0.